The fraction of sp³-hybridized carbons (Fsp3) is 0.455. The van der Waals surface area contributed by atoms with Gasteiger partial charge in [0.05, 0.1) is 7.11 Å². The highest BCUT2D eigenvalue weighted by molar-refractivity contribution is 6.34. The summed E-state index contributed by atoms with van der Waals surface area (Å²) >= 11 is 0. The molecule has 2 rings (SSSR count). The molecular formula is C11H15BO. The summed E-state index contributed by atoms with van der Waals surface area (Å²) in [6.45, 7) is 2.15. The number of hydrogen-bond donors (Lipinski definition) is 0. The average molecular weight is 174 g/mol. The molecule has 0 spiro atoms. The first-order valence-corrected chi connectivity index (χ1v) is 4.87. The Balaban J connectivity index is 2.50. The van der Waals surface area contributed by atoms with Gasteiger partial charge in [-0.3, -0.25) is 0 Å². The zero-order chi connectivity index (χ0) is 9.42. The highest BCUT2D eigenvalue weighted by Gasteiger charge is 2.27. The Morgan fingerprint density at radius 3 is 2.62 bits per heavy atom. The highest BCUT2D eigenvalue weighted by atomic mass is 16.5. The van der Waals surface area contributed by atoms with Gasteiger partial charge in [-0.1, -0.05) is 17.7 Å². The molecule has 0 aliphatic heterocycles. The maximum Gasteiger partial charge on any atom is 0.144 e. The SMILES string of the molecule is Bc1cc(C)cc(C2CC2)c1OC. The van der Waals surface area contributed by atoms with Crippen LogP contribution in [0, 0.1) is 6.92 Å². The molecule has 0 radical (unpaired) electrons. The van der Waals surface area contributed by atoms with Crippen molar-refractivity contribution in [3.8, 4) is 5.75 Å². The molecule has 0 unspecified atom stereocenters. The first-order valence-electron chi connectivity index (χ1n) is 4.87. The molecule has 1 aliphatic carbocycles. The number of ether oxygens (including phenoxy) is 1. The summed E-state index contributed by atoms with van der Waals surface area (Å²) < 4.78 is 5.43. The van der Waals surface area contributed by atoms with Crippen LogP contribution in [0.3, 0.4) is 0 Å². The van der Waals surface area contributed by atoms with Crippen LogP contribution in [0.2, 0.25) is 0 Å². The molecule has 0 aromatic heterocycles. The van der Waals surface area contributed by atoms with Crippen LogP contribution in [-0.2, 0) is 0 Å². The van der Waals surface area contributed by atoms with E-state index in [0.717, 1.165) is 11.7 Å². The number of benzene rings is 1. The van der Waals surface area contributed by atoms with Crippen LogP contribution < -0.4 is 10.2 Å². The molecule has 0 N–H and O–H groups in total. The molecule has 0 bridgehead atoms. The second kappa shape index (κ2) is 3.10. The van der Waals surface area contributed by atoms with Crippen molar-refractivity contribution >= 4 is 13.3 Å². The van der Waals surface area contributed by atoms with Crippen LogP contribution in [-0.4, -0.2) is 15.0 Å². The lowest BCUT2D eigenvalue weighted by molar-refractivity contribution is 0.413. The Bertz CT molecular complexity index is 329. The topological polar surface area (TPSA) is 9.23 Å². The highest BCUT2D eigenvalue weighted by Crippen LogP contribution is 2.43. The third-order valence-electron chi connectivity index (χ3n) is 2.67. The maximum absolute atomic E-state index is 5.43. The zero-order valence-electron chi connectivity index (χ0n) is 8.55. The van der Waals surface area contributed by atoms with Crippen molar-refractivity contribution in [2.45, 2.75) is 25.7 Å². The summed E-state index contributed by atoms with van der Waals surface area (Å²) in [5, 5.41) is 0. The van der Waals surface area contributed by atoms with Crippen molar-refractivity contribution in [3.05, 3.63) is 23.3 Å². The van der Waals surface area contributed by atoms with Crippen molar-refractivity contribution in [3.63, 3.8) is 0 Å². The lowest BCUT2D eigenvalue weighted by Crippen LogP contribution is -2.10. The van der Waals surface area contributed by atoms with Crippen LogP contribution in [0.25, 0.3) is 0 Å². The molecule has 1 nitrogen and oxygen atoms in total. The molecule has 0 amide bonds. The fourth-order valence-electron chi connectivity index (χ4n) is 1.96. The monoisotopic (exact) mass is 174 g/mol. The van der Waals surface area contributed by atoms with E-state index in [-0.39, 0.29) is 0 Å². The summed E-state index contributed by atoms with van der Waals surface area (Å²) in [6.07, 6.45) is 2.67. The Kier molecular flexibility index (Phi) is 2.07. The first-order chi connectivity index (χ1) is 6.22. The van der Waals surface area contributed by atoms with Crippen LogP contribution in [0.15, 0.2) is 12.1 Å². The van der Waals surface area contributed by atoms with Gasteiger partial charge in [0.25, 0.3) is 0 Å². The molecule has 1 aliphatic rings. The first kappa shape index (κ1) is 8.67. The van der Waals surface area contributed by atoms with E-state index in [4.69, 9.17) is 4.74 Å². The van der Waals surface area contributed by atoms with Crippen LogP contribution in [0.5, 0.6) is 5.75 Å². The Labute approximate surface area is 80.5 Å². The standard InChI is InChI=1S/C11H15BO/c1-7-5-9(8-3-4-8)11(13-2)10(12)6-7/h5-6,8H,3-4,12H2,1-2H3. The fourth-order valence-corrected chi connectivity index (χ4v) is 1.96. The maximum atomic E-state index is 5.43. The molecule has 0 atom stereocenters. The Hall–Kier alpha value is -0.915. The third-order valence-corrected chi connectivity index (χ3v) is 2.67. The predicted octanol–water partition coefficient (Wildman–Crippen LogP) is 1.14. The van der Waals surface area contributed by atoms with Crippen LogP contribution >= 0.6 is 0 Å². The Morgan fingerprint density at radius 2 is 2.08 bits per heavy atom. The van der Waals surface area contributed by atoms with Crippen molar-refractivity contribution in [2.75, 3.05) is 7.11 Å². The molecule has 0 saturated heterocycles. The van der Waals surface area contributed by atoms with Crippen LogP contribution in [0.1, 0.15) is 29.9 Å². The summed E-state index contributed by atoms with van der Waals surface area (Å²) in [6, 6.07) is 4.45. The summed E-state index contributed by atoms with van der Waals surface area (Å²) in [7, 11) is 3.89. The van der Waals surface area contributed by atoms with Gasteiger partial charge in [0, 0.05) is 0 Å². The van der Waals surface area contributed by atoms with Gasteiger partial charge in [-0.05, 0) is 36.7 Å². The van der Waals surface area contributed by atoms with E-state index in [1.807, 2.05) is 0 Å². The second-order valence-corrected chi connectivity index (χ2v) is 3.98. The van der Waals surface area contributed by atoms with Crippen molar-refractivity contribution in [1.82, 2.24) is 0 Å². The number of hydrogen-bond acceptors (Lipinski definition) is 1. The van der Waals surface area contributed by atoms with Gasteiger partial charge in [-0.2, -0.15) is 0 Å². The average Bonchev–Trinajstić information content (AvgIpc) is 2.85. The molecule has 1 aromatic rings. The second-order valence-electron chi connectivity index (χ2n) is 3.98. The molecule has 0 heterocycles. The molecule has 2 heteroatoms. The minimum absolute atomic E-state index is 0.772. The predicted molar refractivity (Wildman–Crippen MR) is 57.9 cm³/mol. The summed E-state index contributed by atoms with van der Waals surface area (Å²) in [5.74, 6) is 1.88. The van der Waals surface area contributed by atoms with Gasteiger partial charge in [0.15, 0.2) is 0 Å². The minimum atomic E-state index is 0.772. The summed E-state index contributed by atoms with van der Waals surface area (Å²) in [4.78, 5) is 0. The van der Waals surface area contributed by atoms with Crippen LogP contribution in [0.4, 0.5) is 0 Å². The van der Waals surface area contributed by atoms with E-state index < -0.39 is 0 Å². The van der Waals surface area contributed by atoms with E-state index in [0.29, 0.717) is 0 Å². The lowest BCUT2D eigenvalue weighted by atomic mass is 9.89. The van der Waals surface area contributed by atoms with E-state index >= 15 is 0 Å². The van der Waals surface area contributed by atoms with Gasteiger partial charge >= 0.3 is 0 Å². The number of methoxy groups -OCH3 is 1. The van der Waals surface area contributed by atoms with Crippen molar-refractivity contribution in [1.29, 1.82) is 0 Å². The minimum Gasteiger partial charge on any atom is -0.497 e. The number of rotatable bonds is 2. The van der Waals surface area contributed by atoms with Crippen molar-refractivity contribution < 1.29 is 4.74 Å². The lowest BCUT2D eigenvalue weighted by Gasteiger charge is -2.12. The molecule has 13 heavy (non-hydrogen) atoms. The molecular weight excluding hydrogens is 159 g/mol. The third kappa shape index (κ3) is 1.58. The normalized spacial score (nSPS) is 15.8. The van der Waals surface area contributed by atoms with Gasteiger partial charge in [0.1, 0.15) is 13.6 Å². The van der Waals surface area contributed by atoms with E-state index in [2.05, 4.69) is 26.9 Å². The van der Waals surface area contributed by atoms with E-state index in [9.17, 15) is 0 Å². The zero-order valence-corrected chi connectivity index (χ0v) is 8.55. The molecule has 1 saturated carbocycles. The Morgan fingerprint density at radius 1 is 1.38 bits per heavy atom. The smallest absolute Gasteiger partial charge is 0.144 e. The van der Waals surface area contributed by atoms with E-state index in [1.165, 1.54) is 29.4 Å². The van der Waals surface area contributed by atoms with Gasteiger partial charge in [-0.15, -0.1) is 0 Å². The summed E-state index contributed by atoms with van der Waals surface area (Å²) in [5.41, 5.74) is 4.03. The van der Waals surface area contributed by atoms with Gasteiger partial charge in [-0.25, -0.2) is 0 Å². The van der Waals surface area contributed by atoms with Gasteiger partial charge < -0.3 is 4.74 Å². The van der Waals surface area contributed by atoms with E-state index in [1.54, 1.807) is 7.11 Å². The molecule has 1 fully saturated rings. The van der Waals surface area contributed by atoms with Crippen molar-refractivity contribution in [2.24, 2.45) is 0 Å². The quantitative estimate of drug-likeness (QED) is 0.611. The largest absolute Gasteiger partial charge is 0.497 e. The molecule has 1 aromatic carbocycles. The van der Waals surface area contributed by atoms with Gasteiger partial charge in [0.2, 0.25) is 0 Å². The molecule has 68 valence electrons. The number of aryl methyl sites for hydroxylation is 1.